The van der Waals surface area contributed by atoms with Gasteiger partial charge in [-0.15, -0.1) is 0 Å². The van der Waals surface area contributed by atoms with Gasteiger partial charge in [0.25, 0.3) is 0 Å². The third-order valence-electron chi connectivity index (χ3n) is 6.64. The quantitative estimate of drug-likeness (QED) is 0.159. The molecule has 4 heteroatoms. The van der Waals surface area contributed by atoms with Crippen LogP contribution in [-0.4, -0.2) is 18.4 Å². The summed E-state index contributed by atoms with van der Waals surface area (Å²) in [4.78, 5) is 25.5. The second-order valence-electron chi connectivity index (χ2n) is 9.68. The average molecular weight is 463 g/mol. The highest BCUT2D eigenvalue weighted by atomic mass is 16.5. The summed E-state index contributed by atoms with van der Waals surface area (Å²) in [5, 5.41) is 0. The van der Waals surface area contributed by atoms with Gasteiger partial charge >= 0.3 is 5.97 Å². The van der Waals surface area contributed by atoms with E-state index in [9.17, 15) is 9.59 Å². The maximum absolute atomic E-state index is 12.9. The number of hydrogen-bond acceptors (Lipinski definition) is 4. The number of carbonyl (C=O) groups is 2. The molecule has 2 aromatic rings. The van der Waals surface area contributed by atoms with E-state index in [1.54, 1.807) is 36.4 Å². The molecule has 1 aliphatic rings. The fraction of sp³-hybridized carbons (Fsp3) is 0.467. The lowest BCUT2D eigenvalue weighted by atomic mass is 9.73. The third kappa shape index (κ3) is 7.06. The Labute approximate surface area is 204 Å². The van der Waals surface area contributed by atoms with Crippen LogP contribution >= 0.6 is 0 Å². The number of ether oxygens (including phenoxy) is 2. The molecule has 0 amide bonds. The van der Waals surface area contributed by atoms with Gasteiger partial charge < -0.3 is 9.47 Å². The van der Waals surface area contributed by atoms with Gasteiger partial charge in [-0.25, -0.2) is 4.79 Å². The summed E-state index contributed by atoms with van der Waals surface area (Å²) in [7, 11) is 0. The zero-order valence-corrected chi connectivity index (χ0v) is 21.0. The van der Waals surface area contributed by atoms with Gasteiger partial charge in [0.05, 0.1) is 12.2 Å². The number of rotatable bonds is 10. The molecule has 4 nitrogen and oxygen atoms in total. The summed E-state index contributed by atoms with van der Waals surface area (Å²) in [6, 6.07) is 14.4. The van der Waals surface area contributed by atoms with Crippen molar-refractivity contribution in [1.82, 2.24) is 0 Å². The van der Waals surface area contributed by atoms with E-state index in [0.29, 0.717) is 23.8 Å². The first kappa shape index (κ1) is 25.7. The molecule has 2 atom stereocenters. The number of esters is 1. The molecule has 0 heterocycles. The topological polar surface area (TPSA) is 52.6 Å². The highest BCUT2D eigenvalue weighted by Gasteiger charge is 2.32. The van der Waals surface area contributed by atoms with Crippen molar-refractivity contribution in [3.8, 4) is 11.5 Å². The number of unbranched alkanes of at least 4 members (excludes halogenated alkanes) is 3. The average Bonchev–Trinajstić information content (AvgIpc) is 2.83. The molecule has 0 N–H and O–H groups in total. The molecule has 0 spiro atoms. The number of allylic oxidation sites excluding steroid dienone is 1. The number of benzene rings is 2. The maximum Gasteiger partial charge on any atom is 0.343 e. The van der Waals surface area contributed by atoms with Crippen molar-refractivity contribution in [2.75, 3.05) is 6.61 Å². The minimum Gasteiger partial charge on any atom is -0.494 e. The molecule has 0 radical (unpaired) electrons. The molecular weight excluding hydrogens is 424 g/mol. The van der Waals surface area contributed by atoms with Gasteiger partial charge in [-0.05, 0) is 84.7 Å². The maximum atomic E-state index is 12.9. The molecule has 0 bridgehead atoms. The molecule has 1 saturated carbocycles. The van der Waals surface area contributed by atoms with Crippen molar-refractivity contribution < 1.29 is 19.1 Å². The van der Waals surface area contributed by atoms with E-state index in [1.807, 2.05) is 18.2 Å². The molecule has 2 unspecified atom stereocenters. The molecule has 1 aliphatic carbocycles. The highest BCUT2D eigenvalue weighted by Crippen LogP contribution is 2.35. The lowest BCUT2D eigenvalue weighted by Gasteiger charge is -2.30. The van der Waals surface area contributed by atoms with E-state index in [0.717, 1.165) is 36.1 Å². The Kier molecular flexibility index (Phi) is 9.50. The molecule has 182 valence electrons. The second-order valence-corrected chi connectivity index (χ2v) is 9.68. The molecule has 2 aromatic carbocycles. The number of Topliss-reactive ketones (excluding diaryl/α,β-unsaturated/α-hetero) is 1. The first-order valence-electron chi connectivity index (χ1n) is 12.7. The van der Waals surface area contributed by atoms with Gasteiger partial charge in [0.15, 0.2) is 5.78 Å². The molecule has 3 rings (SSSR count). The van der Waals surface area contributed by atoms with Crippen LogP contribution in [0.2, 0.25) is 0 Å². The summed E-state index contributed by atoms with van der Waals surface area (Å²) < 4.78 is 11.3. The van der Waals surface area contributed by atoms with Crippen molar-refractivity contribution in [2.45, 2.75) is 66.2 Å². The zero-order chi connectivity index (χ0) is 24.5. The SMILES string of the molecule is CCCCCCOc1ccc(C(=O)Oc2ccc(/C=C3\C(=O)C(C(C)C)CCC3C)cc2)cc1. The first-order valence-corrected chi connectivity index (χ1v) is 12.7. The Balaban J connectivity index is 1.57. The van der Waals surface area contributed by atoms with Crippen molar-refractivity contribution in [3.63, 3.8) is 0 Å². The van der Waals surface area contributed by atoms with Gasteiger partial charge in [-0.3, -0.25) is 4.79 Å². The molecule has 1 fully saturated rings. The van der Waals surface area contributed by atoms with Crippen LogP contribution in [0.25, 0.3) is 6.08 Å². The molecule has 34 heavy (non-hydrogen) atoms. The van der Waals surface area contributed by atoms with Crippen LogP contribution < -0.4 is 9.47 Å². The predicted octanol–water partition coefficient (Wildman–Crippen LogP) is 7.52. The van der Waals surface area contributed by atoms with E-state index in [1.165, 1.54) is 19.3 Å². The van der Waals surface area contributed by atoms with Gasteiger partial charge in [-0.2, -0.15) is 0 Å². The summed E-state index contributed by atoms with van der Waals surface area (Å²) in [5.41, 5.74) is 2.33. The smallest absolute Gasteiger partial charge is 0.343 e. The Hall–Kier alpha value is -2.88. The lowest BCUT2D eigenvalue weighted by molar-refractivity contribution is -0.122. The summed E-state index contributed by atoms with van der Waals surface area (Å²) >= 11 is 0. The summed E-state index contributed by atoms with van der Waals surface area (Å²) in [6.07, 6.45) is 8.64. The highest BCUT2D eigenvalue weighted by molar-refractivity contribution is 6.02. The van der Waals surface area contributed by atoms with E-state index in [2.05, 4.69) is 27.7 Å². The normalized spacial score (nSPS) is 19.4. The van der Waals surface area contributed by atoms with E-state index >= 15 is 0 Å². The van der Waals surface area contributed by atoms with E-state index in [-0.39, 0.29) is 17.6 Å². The summed E-state index contributed by atoms with van der Waals surface area (Å²) in [5.74, 6) is 1.85. The van der Waals surface area contributed by atoms with Gasteiger partial charge in [0.2, 0.25) is 0 Å². The van der Waals surface area contributed by atoms with Crippen molar-refractivity contribution in [2.24, 2.45) is 17.8 Å². The fourth-order valence-corrected chi connectivity index (χ4v) is 4.41. The van der Waals surface area contributed by atoms with Crippen LogP contribution in [-0.2, 0) is 4.79 Å². The first-order chi connectivity index (χ1) is 16.4. The van der Waals surface area contributed by atoms with Gasteiger partial charge in [-0.1, -0.05) is 59.1 Å². The van der Waals surface area contributed by atoms with Crippen molar-refractivity contribution >= 4 is 17.8 Å². The predicted molar refractivity (Wildman–Crippen MR) is 137 cm³/mol. The van der Waals surface area contributed by atoms with Crippen molar-refractivity contribution in [3.05, 3.63) is 65.2 Å². The minimum absolute atomic E-state index is 0.112. The van der Waals surface area contributed by atoms with Crippen LogP contribution in [0.3, 0.4) is 0 Å². The lowest BCUT2D eigenvalue weighted by Crippen LogP contribution is -2.30. The Morgan fingerprint density at radius 1 is 0.971 bits per heavy atom. The molecule has 0 aliphatic heterocycles. The van der Waals surface area contributed by atoms with Crippen LogP contribution in [0.15, 0.2) is 54.1 Å². The second kappa shape index (κ2) is 12.5. The Morgan fingerprint density at radius 3 is 2.29 bits per heavy atom. The van der Waals surface area contributed by atoms with Crippen LogP contribution in [0.5, 0.6) is 11.5 Å². The zero-order valence-electron chi connectivity index (χ0n) is 21.0. The van der Waals surface area contributed by atoms with Crippen LogP contribution in [0.4, 0.5) is 0 Å². The number of carbonyl (C=O) groups excluding carboxylic acids is 2. The van der Waals surface area contributed by atoms with E-state index < -0.39 is 5.97 Å². The monoisotopic (exact) mass is 462 g/mol. The molecular formula is C30H38O4. The molecule has 0 saturated heterocycles. The van der Waals surface area contributed by atoms with Crippen LogP contribution in [0, 0.1) is 17.8 Å². The largest absolute Gasteiger partial charge is 0.494 e. The van der Waals surface area contributed by atoms with Crippen LogP contribution in [0.1, 0.15) is 82.1 Å². The summed E-state index contributed by atoms with van der Waals surface area (Å²) in [6.45, 7) is 9.24. The van der Waals surface area contributed by atoms with Gasteiger partial charge in [0.1, 0.15) is 11.5 Å². The van der Waals surface area contributed by atoms with Gasteiger partial charge in [0, 0.05) is 5.92 Å². The third-order valence-corrected chi connectivity index (χ3v) is 6.64. The number of hydrogen-bond donors (Lipinski definition) is 0. The minimum atomic E-state index is -0.406. The standard InChI is InChI=1S/C30H38O4/c1-5-6-7-8-19-33-25-16-12-24(13-17-25)30(32)34-26-14-10-23(11-15-26)20-28-22(4)9-18-27(21(2)3)29(28)31/h10-17,20-22,27H,5-9,18-19H2,1-4H3/b28-20-. The fourth-order valence-electron chi connectivity index (χ4n) is 4.41. The Bertz CT molecular complexity index is 970. The van der Waals surface area contributed by atoms with Crippen molar-refractivity contribution in [1.29, 1.82) is 0 Å². The van der Waals surface area contributed by atoms with E-state index in [4.69, 9.17) is 9.47 Å². The Morgan fingerprint density at radius 2 is 1.65 bits per heavy atom. The molecule has 0 aromatic heterocycles. The number of ketones is 1.